The number of fused-ring (bicyclic) bond motifs is 1. The van der Waals surface area contributed by atoms with Gasteiger partial charge in [0.15, 0.2) is 0 Å². The maximum Gasteiger partial charge on any atom is 0.122 e. The van der Waals surface area contributed by atoms with Gasteiger partial charge in [0.25, 0.3) is 0 Å². The molecule has 4 rings (SSSR count). The van der Waals surface area contributed by atoms with Crippen LogP contribution in [0.25, 0.3) is 6.08 Å². The third kappa shape index (κ3) is 3.45. The second-order valence-corrected chi connectivity index (χ2v) is 12.7. The highest BCUT2D eigenvalue weighted by Crippen LogP contribution is 2.26. The van der Waals surface area contributed by atoms with E-state index in [9.17, 15) is 0 Å². The monoisotopic (exact) mass is 384 g/mol. The van der Waals surface area contributed by atoms with Gasteiger partial charge in [-0.3, -0.25) is 0 Å². The van der Waals surface area contributed by atoms with Gasteiger partial charge in [0, 0.05) is 0 Å². The summed E-state index contributed by atoms with van der Waals surface area (Å²) >= 11 is 0. The molecule has 0 radical (unpaired) electrons. The van der Waals surface area contributed by atoms with Crippen LogP contribution in [0.1, 0.15) is 27.8 Å². The summed E-state index contributed by atoms with van der Waals surface area (Å²) < 4.78 is 6.45. The van der Waals surface area contributed by atoms with Gasteiger partial charge in [-0.15, -0.1) is 0 Å². The van der Waals surface area contributed by atoms with Crippen LogP contribution in [0.15, 0.2) is 66.7 Å². The molecule has 0 amide bonds. The number of aryl methyl sites for hydroxylation is 2. The van der Waals surface area contributed by atoms with Gasteiger partial charge in [-0.25, -0.2) is 0 Å². The molecule has 0 atom stereocenters. The van der Waals surface area contributed by atoms with Crippen LogP contribution in [0, 0.1) is 13.8 Å². The van der Waals surface area contributed by atoms with Gasteiger partial charge in [-0.2, -0.15) is 0 Å². The highest BCUT2D eigenvalue weighted by Gasteiger charge is 2.33. The fraction of sp³-hybridized carbons (Fsp3) is 0.231. The largest absolute Gasteiger partial charge is 0.489 e. The molecule has 0 aliphatic heterocycles. The van der Waals surface area contributed by atoms with Crippen molar-refractivity contribution in [2.75, 3.05) is 0 Å². The highest BCUT2D eigenvalue weighted by atomic mass is 28.3. The SMILES string of the molecule is Cc1cc(C)c(OCc2ccccc2)c([Si](C)(C)c2cccc3c2C=CC3)c1. The zero-order valence-corrected chi connectivity index (χ0v) is 18.3. The van der Waals surface area contributed by atoms with Crippen molar-refractivity contribution in [2.45, 2.75) is 40.0 Å². The molecule has 0 heterocycles. The first-order valence-corrected chi connectivity index (χ1v) is 13.0. The Bertz CT molecular complexity index is 1030. The van der Waals surface area contributed by atoms with Crippen LogP contribution in [0.2, 0.25) is 13.1 Å². The number of benzene rings is 3. The molecule has 3 aromatic rings. The molecule has 0 unspecified atom stereocenters. The summed E-state index contributed by atoms with van der Waals surface area (Å²) in [5.74, 6) is 1.07. The Morgan fingerprint density at radius 3 is 2.46 bits per heavy atom. The van der Waals surface area contributed by atoms with Crippen molar-refractivity contribution >= 4 is 24.5 Å². The average molecular weight is 385 g/mol. The Labute approximate surface area is 169 Å². The Kier molecular flexibility index (Phi) is 4.99. The molecule has 0 spiro atoms. The second-order valence-electron chi connectivity index (χ2n) is 8.34. The number of rotatable bonds is 5. The van der Waals surface area contributed by atoms with E-state index in [0.29, 0.717) is 6.61 Å². The van der Waals surface area contributed by atoms with Gasteiger partial charge in [0.05, 0.1) is 0 Å². The van der Waals surface area contributed by atoms with Crippen molar-refractivity contribution in [3.63, 3.8) is 0 Å². The lowest BCUT2D eigenvalue weighted by molar-refractivity contribution is 0.306. The smallest absolute Gasteiger partial charge is 0.122 e. The third-order valence-electron chi connectivity index (χ3n) is 5.81. The molecule has 0 saturated heterocycles. The first kappa shape index (κ1) is 18.8. The van der Waals surface area contributed by atoms with E-state index in [4.69, 9.17) is 4.74 Å². The molecule has 142 valence electrons. The molecule has 0 aromatic heterocycles. The van der Waals surface area contributed by atoms with Crippen LogP contribution in [0.3, 0.4) is 0 Å². The minimum Gasteiger partial charge on any atom is -0.489 e. The molecule has 0 N–H and O–H groups in total. The maximum absolute atomic E-state index is 6.45. The molecule has 3 aromatic carbocycles. The molecule has 1 nitrogen and oxygen atoms in total. The summed E-state index contributed by atoms with van der Waals surface area (Å²) in [4.78, 5) is 0. The first-order chi connectivity index (χ1) is 13.5. The van der Waals surface area contributed by atoms with E-state index in [2.05, 4.69) is 93.7 Å². The standard InChI is InChI=1S/C26H28OSi/c1-19-16-20(2)26(27-18-21-10-6-5-7-11-21)25(17-19)28(3,4)24-15-9-13-22-12-8-14-23(22)24/h5-11,13-17H,12,18H2,1-4H3. The predicted molar refractivity (Wildman–Crippen MR) is 123 cm³/mol. The Morgan fingerprint density at radius 2 is 1.68 bits per heavy atom. The van der Waals surface area contributed by atoms with E-state index < -0.39 is 8.07 Å². The van der Waals surface area contributed by atoms with Crippen LogP contribution in [-0.2, 0) is 13.0 Å². The minimum atomic E-state index is -1.93. The number of allylic oxidation sites excluding steroid dienone is 1. The van der Waals surface area contributed by atoms with E-state index in [1.807, 2.05) is 6.07 Å². The lowest BCUT2D eigenvalue weighted by Gasteiger charge is -2.29. The molecule has 1 aliphatic rings. The maximum atomic E-state index is 6.45. The van der Waals surface area contributed by atoms with Crippen molar-refractivity contribution < 1.29 is 4.74 Å². The molecular formula is C26H28OSi. The van der Waals surface area contributed by atoms with E-state index in [1.165, 1.54) is 38.2 Å². The summed E-state index contributed by atoms with van der Waals surface area (Å²) in [7, 11) is -1.93. The van der Waals surface area contributed by atoms with Crippen LogP contribution < -0.4 is 15.1 Å². The van der Waals surface area contributed by atoms with E-state index in [1.54, 1.807) is 0 Å². The summed E-state index contributed by atoms with van der Waals surface area (Å²) in [6.07, 6.45) is 5.65. The fourth-order valence-corrected chi connectivity index (χ4v) is 7.47. The van der Waals surface area contributed by atoms with Crippen molar-refractivity contribution in [2.24, 2.45) is 0 Å². The number of hydrogen-bond donors (Lipinski definition) is 0. The van der Waals surface area contributed by atoms with Crippen LogP contribution >= 0.6 is 0 Å². The molecule has 0 fully saturated rings. The summed E-state index contributed by atoms with van der Waals surface area (Å²) in [6.45, 7) is 9.89. The zero-order chi connectivity index (χ0) is 19.7. The van der Waals surface area contributed by atoms with Gasteiger partial charge >= 0.3 is 0 Å². The topological polar surface area (TPSA) is 9.23 Å². The Morgan fingerprint density at radius 1 is 0.893 bits per heavy atom. The summed E-state index contributed by atoms with van der Waals surface area (Å²) in [5, 5.41) is 2.91. The van der Waals surface area contributed by atoms with Crippen LogP contribution in [0.4, 0.5) is 0 Å². The first-order valence-electron chi connectivity index (χ1n) is 10.0. The zero-order valence-electron chi connectivity index (χ0n) is 17.3. The molecule has 2 heteroatoms. The lowest BCUT2D eigenvalue weighted by Crippen LogP contribution is -2.54. The summed E-state index contributed by atoms with van der Waals surface area (Å²) in [6, 6.07) is 21.9. The van der Waals surface area contributed by atoms with Crippen molar-refractivity contribution in [1.29, 1.82) is 0 Å². The van der Waals surface area contributed by atoms with Gasteiger partial charge in [0.1, 0.15) is 20.4 Å². The predicted octanol–water partition coefficient (Wildman–Crippen LogP) is 5.27. The Balaban J connectivity index is 1.78. The quantitative estimate of drug-likeness (QED) is 0.544. The van der Waals surface area contributed by atoms with Crippen molar-refractivity contribution in [3.8, 4) is 5.75 Å². The van der Waals surface area contributed by atoms with Crippen molar-refractivity contribution in [3.05, 3.63) is 94.6 Å². The van der Waals surface area contributed by atoms with Gasteiger partial charge in [-0.05, 0) is 52.9 Å². The average Bonchev–Trinajstić information content (AvgIpc) is 3.16. The molecule has 28 heavy (non-hydrogen) atoms. The van der Waals surface area contributed by atoms with Gasteiger partial charge in [-0.1, -0.05) is 91.5 Å². The van der Waals surface area contributed by atoms with E-state index >= 15 is 0 Å². The van der Waals surface area contributed by atoms with E-state index in [0.717, 1.165) is 12.2 Å². The lowest BCUT2D eigenvalue weighted by atomic mass is 10.1. The normalized spacial score (nSPS) is 12.9. The number of hydrogen-bond acceptors (Lipinski definition) is 1. The minimum absolute atomic E-state index is 0.606. The molecule has 0 bridgehead atoms. The molecule has 0 saturated carbocycles. The highest BCUT2D eigenvalue weighted by molar-refractivity contribution is 7.01. The van der Waals surface area contributed by atoms with Crippen LogP contribution in [0.5, 0.6) is 5.75 Å². The molecular weight excluding hydrogens is 356 g/mol. The summed E-state index contributed by atoms with van der Waals surface area (Å²) in [5.41, 5.74) is 6.64. The van der Waals surface area contributed by atoms with E-state index in [-0.39, 0.29) is 0 Å². The van der Waals surface area contributed by atoms with Crippen LogP contribution in [-0.4, -0.2) is 8.07 Å². The van der Waals surface area contributed by atoms with Crippen molar-refractivity contribution in [1.82, 2.24) is 0 Å². The molecule has 1 aliphatic carbocycles. The number of ether oxygens (including phenoxy) is 1. The Hall–Kier alpha value is -2.58. The van der Waals surface area contributed by atoms with Gasteiger partial charge in [0.2, 0.25) is 0 Å². The third-order valence-corrected chi connectivity index (χ3v) is 9.31. The fourth-order valence-electron chi connectivity index (χ4n) is 4.32. The second kappa shape index (κ2) is 7.44. The van der Waals surface area contributed by atoms with Gasteiger partial charge < -0.3 is 4.74 Å².